The van der Waals surface area contributed by atoms with Crippen molar-refractivity contribution in [1.82, 2.24) is 14.8 Å². The Bertz CT molecular complexity index is 359. The fourth-order valence-corrected chi connectivity index (χ4v) is 1.55. The van der Waals surface area contributed by atoms with Gasteiger partial charge in [-0.25, -0.2) is 4.79 Å². The lowest BCUT2D eigenvalue weighted by molar-refractivity contribution is -0.144. The van der Waals surface area contributed by atoms with Gasteiger partial charge in [0.25, 0.3) is 0 Å². The van der Waals surface area contributed by atoms with Gasteiger partial charge in [0.15, 0.2) is 6.04 Å². The zero-order valence-corrected chi connectivity index (χ0v) is 9.01. The van der Waals surface area contributed by atoms with Gasteiger partial charge in [-0.15, -0.1) is 10.2 Å². The number of nitrogens with zero attached hydrogens (tertiary/aromatic N) is 3. The second-order valence-corrected chi connectivity index (χ2v) is 3.41. The molecule has 6 heteroatoms. The van der Waals surface area contributed by atoms with Gasteiger partial charge >= 0.3 is 5.97 Å². The number of aliphatic carboxylic acids is 1. The molecule has 84 valence electrons. The molecule has 0 saturated carbocycles. The van der Waals surface area contributed by atoms with Gasteiger partial charge in [0.05, 0.1) is 6.10 Å². The molecule has 0 aromatic carbocycles. The van der Waals surface area contributed by atoms with Crippen LogP contribution in [0.15, 0.2) is 0 Å². The van der Waals surface area contributed by atoms with Crippen LogP contribution >= 0.6 is 0 Å². The number of aryl methyl sites for hydroxylation is 2. The Morgan fingerprint density at radius 3 is 2.53 bits per heavy atom. The van der Waals surface area contributed by atoms with Crippen molar-refractivity contribution in [3.8, 4) is 0 Å². The molecule has 0 radical (unpaired) electrons. The van der Waals surface area contributed by atoms with Crippen LogP contribution < -0.4 is 0 Å². The number of rotatable bonds is 4. The van der Waals surface area contributed by atoms with Crippen molar-refractivity contribution >= 4 is 5.97 Å². The zero-order chi connectivity index (χ0) is 11.6. The van der Waals surface area contributed by atoms with Crippen LogP contribution in [-0.2, 0) is 11.2 Å². The molecule has 0 amide bonds. The van der Waals surface area contributed by atoms with E-state index in [4.69, 9.17) is 5.11 Å². The van der Waals surface area contributed by atoms with Crippen molar-refractivity contribution in [3.05, 3.63) is 11.6 Å². The molecule has 1 heterocycles. The van der Waals surface area contributed by atoms with Crippen LogP contribution in [0.25, 0.3) is 0 Å². The van der Waals surface area contributed by atoms with E-state index in [0.29, 0.717) is 18.1 Å². The number of carbonyl (C=O) groups is 1. The Labute approximate surface area is 87.6 Å². The molecule has 2 N–H and O–H groups in total. The largest absolute Gasteiger partial charge is 0.480 e. The van der Waals surface area contributed by atoms with Gasteiger partial charge < -0.3 is 10.2 Å². The summed E-state index contributed by atoms with van der Waals surface area (Å²) < 4.78 is 1.47. The van der Waals surface area contributed by atoms with Gasteiger partial charge in [0.1, 0.15) is 11.6 Å². The van der Waals surface area contributed by atoms with E-state index in [0.717, 1.165) is 0 Å². The zero-order valence-electron chi connectivity index (χ0n) is 9.01. The molecule has 1 aromatic rings. The molecule has 1 rings (SSSR count). The predicted octanol–water partition coefficient (Wildman–Crippen LogP) is 0.155. The van der Waals surface area contributed by atoms with Crippen molar-refractivity contribution in [2.45, 2.75) is 39.3 Å². The smallest absolute Gasteiger partial charge is 0.329 e. The third kappa shape index (κ3) is 2.15. The van der Waals surface area contributed by atoms with Crippen molar-refractivity contribution in [2.24, 2.45) is 0 Å². The summed E-state index contributed by atoms with van der Waals surface area (Å²) >= 11 is 0. The predicted molar refractivity (Wildman–Crippen MR) is 52.5 cm³/mol. The van der Waals surface area contributed by atoms with E-state index in [9.17, 15) is 9.90 Å². The summed E-state index contributed by atoms with van der Waals surface area (Å²) in [6.07, 6.45) is -0.403. The minimum atomic E-state index is -1.08. The standard InChI is InChI=1S/C9H15N3O3/c1-4-7-11-10-6(3)12(7)8(5(2)13)9(14)15/h5,8,13H,4H2,1-3H3,(H,14,15). The summed E-state index contributed by atoms with van der Waals surface area (Å²) in [5.41, 5.74) is 0. The van der Waals surface area contributed by atoms with E-state index in [1.807, 2.05) is 6.92 Å². The van der Waals surface area contributed by atoms with E-state index in [2.05, 4.69) is 10.2 Å². The van der Waals surface area contributed by atoms with Crippen molar-refractivity contribution in [1.29, 1.82) is 0 Å². The molecule has 15 heavy (non-hydrogen) atoms. The highest BCUT2D eigenvalue weighted by atomic mass is 16.4. The molecule has 0 fully saturated rings. The number of aliphatic hydroxyl groups excluding tert-OH is 1. The molecule has 0 aliphatic heterocycles. The summed E-state index contributed by atoms with van der Waals surface area (Å²) in [7, 11) is 0. The Kier molecular flexibility index (Phi) is 3.41. The van der Waals surface area contributed by atoms with Crippen LogP contribution in [0.2, 0.25) is 0 Å². The number of carboxylic acids is 1. The SMILES string of the molecule is CCc1nnc(C)n1C(C(=O)O)C(C)O. The fraction of sp³-hybridized carbons (Fsp3) is 0.667. The highest BCUT2D eigenvalue weighted by Crippen LogP contribution is 2.17. The van der Waals surface area contributed by atoms with E-state index < -0.39 is 18.1 Å². The van der Waals surface area contributed by atoms with Gasteiger partial charge in [-0.3, -0.25) is 4.57 Å². The first-order chi connectivity index (χ1) is 6.99. The van der Waals surface area contributed by atoms with Crippen molar-refractivity contribution < 1.29 is 15.0 Å². The van der Waals surface area contributed by atoms with Crippen LogP contribution in [-0.4, -0.2) is 37.1 Å². The molecule has 2 unspecified atom stereocenters. The van der Waals surface area contributed by atoms with Crippen molar-refractivity contribution in [3.63, 3.8) is 0 Å². The van der Waals surface area contributed by atoms with Gasteiger partial charge in [0.2, 0.25) is 0 Å². The number of aromatic nitrogens is 3. The van der Waals surface area contributed by atoms with Crippen LogP contribution in [0.1, 0.15) is 31.5 Å². The van der Waals surface area contributed by atoms with E-state index >= 15 is 0 Å². The molecule has 0 bridgehead atoms. The maximum Gasteiger partial charge on any atom is 0.329 e. The maximum absolute atomic E-state index is 11.0. The molecule has 0 saturated heterocycles. The molecule has 6 nitrogen and oxygen atoms in total. The van der Waals surface area contributed by atoms with Gasteiger partial charge in [0, 0.05) is 6.42 Å². The fourth-order valence-electron chi connectivity index (χ4n) is 1.55. The summed E-state index contributed by atoms with van der Waals surface area (Å²) in [4.78, 5) is 11.0. The second-order valence-electron chi connectivity index (χ2n) is 3.41. The van der Waals surface area contributed by atoms with Crippen LogP contribution in [0, 0.1) is 6.92 Å². The van der Waals surface area contributed by atoms with Crippen molar-refractivity contribution in [2.75, 3.05) is 0 Å². The molecule has 0 aliphatic carbocycles. The van der Waals surface area contributed by atoms with E-state index in [-0.39, 0.29) is 0 Å². The Morgan fingerprint density at radius 2 is 2.13 bits per heavy atom. The maximum atomic E-state index is 11.0. The van der Waals surface area contributed by atoms with E-state index in [1.165, 1.54) is 11.5 Å². The second kappa shape index (κ2) is 4.39. The molecular weight excluding hydrogens is 198 g/mol. The minimum absolute atomic E-state index is 0.500. The molecule has 2 atom stereocenters. The lowest BCUT2D eigenvalue weighted by atomic mass is 10.1. The third-order valence-electron chi connectivity index (χ3n) is 2.24. The normalized spacial score (nSPS) is 14.9. The highest BCUT2D eigenvalue weighted by Gasteiger charge is 2.28. The quantitative estimate of drug-likeness (QED) is 0.743. The Balaban J connectivity index is 3.21. The highest BCUT2D eigenvalue weighted by molar-refractivity contribution is 5.72. The average Bonchev–Trinajstić information content (AvgIpc) is 2.47. The van der Waals surface area contributed by atoms with Crippen LogP contribution in [0.3, 0.4) is 0 Å². The first-order valence-electron chi connectivity index (χ1n) is 4.80. The summed E-state index contributed by atoms with van der Waals surface area (Å²) in [5, 5.41) is 26.1. The molecule has 0 spiro atoms. The molecule has 1 aromatic heterocycles. The first kappa shape index (κ1) is 11.6. The van der Waals surface area contributed by atoms with Crippen LogP contribution in [0.4, 0.5) is 0 Å². The first-order valence-corrected chi connectivity index (χ1v) is 4.80. The van der Waals surface area contributed by atoms with Gasteiger partial charge in [-0.1, -0.05) is 6.92 Å². The minimum Gasteiger partial charge on any atom is -0.480 e. The average molecular weight is 213 g/mol. The van der Waals surface area contributed by atoms with Crippen LogP contribution in [0.5, 0.6) is 0 Å². The lowest BCUT2D eigenvalue weighted by Crippen LogP contribution is -2.31. The number of hydrogen-bond acceptors (Lipinski definition) is 4. The topological polar surface area (TPSA) is 88.2 Å². The van der Waals surface area contributed by atoms with E-state index in [1.54, 1.807) is 6.92 Å². The molecular formula is C9H15N3O3. The Morgan fingerprint density at radius 1 is 1.53 bits per heavy atom. The third-order valence-corrected chi connectivity index (χ3v) is 2.24. The number of carboxylic acid groups (broad SMARTS) is 1. The Hall–Kier alpha value is -1.43. The van der Waals surface area contributed by atoms with Gasteiger partial charge in [-0.2, -0.15) is 0 Å². The summed E-state index contributed by atoms with van der Waals surface area (Å²) in [6, 6.07) is -1.02. The summed E-state index contributed by atoms with van der Waals surface area (Å²) in [5.74, 6) is -0.0106. The monoisotopic (exact) mass is 213 g/mol. The molecule has 0 aliphatic rings. The number of hydrogen-bond donors (Lipinski definition) is 2. The number of aliphatic hydroxyl groups is 1. The lowest BCUT2D eigenvalue weighted by Gasteiger charge is -2.19. The summed E-state index contributed by atoms with van der Waals surface area (Å²) in [6.45, 7) is 4.98. The van der Waals surface area contributed by atoms with Gasteiger partial charge in [-0.05, 0) is 13.8 Å².